The maximum Gasteiger partial charge on any atom is 0.348 e. The van der Waals surface area contributed by atoms with E-state index in [1.807, 2.05) is 6.07 Å². The second-order valence-corrected chi connectivity index (χ2v) is 5.27. The van der Waals surface area contributed by atoms with Gasteiger partial charge >= 0.3 is 11.9 Å². The third-order valence-electron chi connectivity index (χ3n) is 2.91. The number of ether oxygens (including phenoxy) is 1. The zero-order chi connectivity index (χ0) is 15.0. The van der Waals surface area contributed by atoms with Gasteiger partial charge in [0, 0.05) is 11.0 Å². The van der Waals surface area contributed by atoms with Gasteiger partial charge in [-0.3, -0.25) is 10.1 Å². The number of cyclic esters (lactones) is 2. The van der Waals surface area contributed by atoms with Crippen LogP contribution in [-0.4, -0.2) is 16.9 Å². The van der Waals surface area contributed by atoms with Crippen LogP contribution in [-0.2, 0) is 4.74 Å². The van der Waals surface area contributed by atoms with Crippen molar-refractivity contribution in [2.45, 2.75) is 9.79 Å². The number of nitro groups is 1. The Morgan fingerprint density at radius 2 is 1.71 bits per heavy atom. The number of rotatable bonds is 3. The van der Waals surface area contributed by atoms with Gasteiger partial charge in [-0.25, -0.2) is 9.59 Å². The highest BCUT2D eigenvalue weighted by Crippen LogP contribution is 2.41. The molecule has 1 aliphatic rings. The molecule has 0 bridgehead atoms. The monoisotopic (exact) mass is 301 g/mol. The Bertz CT molecular complexity index is 772. The maximum atomic E-state index is 11.8. The number of hydrogen-bond donors (Lipinski definition) is 0. The minimum Gasteiger partial charge on any atom is -0.386 e. The summed E-state index contributed by atoms with van der Waals surface area (Å²) < 4.78 is 4.53. The van der Waals surface area contributed by atoms with Crippen LogP contribution in [0.5, 0.6) is 0 Å². The average molecular weight is 301 g/mol. The Balaban J connectivity index is 2.19. The van der Waals surface area contributed by atoms with Crippen LogP contribution in [0.2, 0.25) is 0 Å². The molecular formula is C14H7NO5S. The molecule has 0 N–H and O–H groups in total. The van der Waals surface area contributed by atoms with E-state index in [2.05, 4.69) is 4.74 Å². The summed E-state index contributed by atoms with van der Waals surface area (Å²) in [5, 5.41) is 11.2. The molecule has 6 nitrogen and oxygen atoms in total. The summed E-state index contributed by atoms with van der Waals surface area (Å²) >= 11 is 1.06. The predicted molar refractivity (Wildman–Crippen MR) is 73.4 cm³/mol. The standard InChI is InChI=1S/C14H7NO5S/c16-13-9-6-7-10(15(18)19)12(11(9)14(17)20-13)21-8-4-2-1-3-5-8/h1-7H. The molecule has 2 aromatic rings. The van der Waals surface area contributed by atoms with E-state index in [1.54, 1.807) is 24.3 Å². The molecule has 1 aliphatic heterocycles. The van der Waals surface area contributed by atoms with Crippen molar-refractivity contribution >= 4 is 29.4 Å². The molecule has 7 heteroatoms. The topological polar surface area (TPSA) is 86.5 Å². The van der Waals surface area contributed by atoms with Crippen molar-refractivity contribution in [1.29, 1.82) is 0 Å². The number of esters is 2. The van der Waals surface area contributed by atoms with Crippen LogP contribution in [0.4, 0.5) is 5.69 Å². The Hall–Kier alpha value is -2.67. The van der Waals surface area contributed by atoms with Crippen molar-refractivity contribution in [3.8, 4) is 0 Å². The molecule has 0 unspecified atom stereocenters. The van der Waals surface area contributed by atoms with Gasteiger partial charge in [-0.1, -0.05) is 30.0 Å². The third kappa shape index (κ3) is 2.27. The van der Waals surface area contributed by atoms with Crippen molar-refractivity contribution in [2.75, 3.05) is 0 Å². The van der Waals surface area contributed by atoms with E-state index in [4.69, 9.17) is 0 Å². The number of hydrogen-bond acceptors (Lipinski definition) is 6. The number of benzene rings is 2. The largest absolute Gasteiger partial charge is 0.386 e. The van der Waals surface area contributed by atoms with Crippen molar-refractivity contribution in [3.05, 3.63) is 63.7 Å². The Morgan fingerprint density at radius 1 is 1.00 bits per heavy atom. The summed E-state index contributed by atoms with van der Waals surface area (Å²) in [6, 6.07) is 11.3. The molecule has 0 spiro atoms. The van der Waals surface area contributed by atoms with Crippen LogP contribution in [0.3, 0.4) is 0 Å². The minimum atomic E-state index is -0.850. The van der Waals surface area contributed by atoms with Gasteiger partial charge < -0.3 is 4.74 Å². The summed E-state index contributed by atoms with van der Waals surface area (Å²) in [7, 11) is 0. The summed E-state index contributed by atoms with van der Waals surface area (Å²) in [6.45, 7) is 0. The normalized spacial score (nSPS) is 13.0. The molecule has 104 valence electrons. The summed E-state index contributed by atoms with van der Waals surface area (Å²) in [5.74, 6) is -1.63. The fourth-order valence-electron chi connectivity index (χ4n) is 1.99. The van der Waals surface area contributed by atoms with Gasteiger partial charge in [0.05, 0.1) is 16.1 Å². The third-order valence-corrected chi connectivity index (χ3v) is 4.03. The lowest BCUT2D eigenvalue weighted by atomic mass is 10.1. The molecule has 0 aromatic heterocycles. The first-order chi connectivity index (χ1) is 10.1. The van der Waals surface area contributed by atoms with Crippen LogP contribution in [0.1, 0.15) is 20.7 Å². The van der Waals surface area contributed by atoms with E-state index in [1.165, 1.54) is 12.1 Å². The van der Waals surface area contributed by atoms with E-state index in [0.29, 0.717) is 0 Å². The highest BCUT2D eigenvalue weighted by Gasteiger charge is 2.36. The first-order valence-corrected chi connectivity index (χ1v) is 6.70. The number of carbonyl (C=O) groups excluding carboxylic acids is 2. The quantitative estimate of drug-likeness (QED) is 0.375. The number of nitrogens with zero attached hydrogens (tertiary/aromatic N) is 1. The molecule has 21 heavy (non-hydrogen) atoms. The molecule has 0 fully saturated rings. The van der Waals surface area contributed by atoms with Gasteiger partial charge in [-0.15, -0.1) is 0 Å². The minimum absolute atomic E-state index is 0.0388. The second kappa shape index (κ2) is 5.02. The molecule has 0 radical (unpaired) electrons. The predicted octanol–water partition coefficient (Wildman–Crippen LogP) is 3.06. The van der Waals surface area contributed by atoms with E-state index in [0.717, 1.165) is 16.7 Å². The zero-order valence-electron chi connectivity index (χ0n) is 10.4. The molecule has 0 saturated carbocycles. The second-order valence-electron chi connectivity index (χ2n) is 4.19. The Labute approximate surface area is 122 Å². The van der Waals surface area contributed by atoms with Crippen molar-refractivity contribution < 1.29 is 19.2 Å². The van der Waals surface area contributed by atoms with E-state index in [9.17, 15) is 19.7 Å². The fourth-order valence-corrected chi connectivity index (χ4v) is 3.06. The van der Waals surface area contributed by atoms with Crippen LogP contribution in [0.25, 0.3) is 0 Å². The van der Waals surface area contributed by atoms with Crippen molar-refractivity contribution in [2.24, 2.45) is 0 Å². The van der Waals surface area contributed by atoms with E-state index in [-0.39, 0.29) is 21.7 Å². The molecule has 3 rings (SSSR count). The molecule has 1 heterocycles. The molecule has 0 atom stereocenters. The average Bonchev–Trinajstić information content (AvgIpc) is 2.75. The van der Waals surface area contributed by atoms with Gasteiger partial charge in [-0.2, -0.15) is 0 Å². The van der Waals surface area contributed by atoms with Gasteiger partial charge in [0.25, 0.3) is 5.69 Å². The van der Waals surface area contributed by atoms with Gasteiger partial charge in [0.2, 0.25) is 0 Å². The zero-order valence-corrected chi connectivity index (χ0v) is 11.3. The highest BCUT2D eigenvalue weighted by molar-refractivity contribution is 7.99. The van der Waals surface area contributed by atoms with Crippen LogP contribution in [0, 0.1) is 10.1 Å². The van der Waals surface area contributed by atoms with E-state index < -0.39 is 16.9 Å². The van der Waals surface area contributed by atoms with Gasteiger partial charge in [0.1, 0.15) is 4.90 Å². The summed E-state index contributed by atoms with van der Waals surface area (Å²) in [5.41, 5.74) is -0.207. The highest BCUT2D eigenvalue weighted by atomic mass is 32.2. The first-order valence-electron chi connectivity index (χ1n) is 5.88. The Morgan fingerprint density at radius 3 is 2.38 bits per heavy atom. The lowest BCUT2D eigenvalue weighted by Gasteiger charge is -2.05. The van der Waals surface area contributed by atoms with Crippen molar-refractivity contribution in [1.82, 2.24) is 0 Å². The van der Waals surface area contributed by atoms with Crippen LogP contribution < -0.4 is 0 Å². The van der Waals surface area contributed by atoms with E-state index >= 15 is 0 Å². The number of carbonyl (C=O) groups is 2. The Kier molecular flexibility index (Phi) is 3.19. The molecule has 0 amide bonds. The lowest BCUT2D eigenvalue weighted by Crippen LogP contribution is -2.00. The molecule has 0 saturated heterocycles. The van der Waals surface area contributed by atoms with Crippen LogP contribution >= 0.6 is 11.8 Å². The van der Waals surface area contributed by atoms with Gasteiger partial charge in [-0.05, 0) is 18.2 Å². The smallest absolute Gasteiger partial charge is 0.348 e. The first kappa shape index (κ1) is 13.3. The maximum absolute atomic E-state index is 11.8. The summed E-state index contributed by atoms with van der Waals surface area (Å²) in [4.78, 5) is 34.7. The number of nitro benzene ring substituents is 1. The van der Waals surface area contributed by atoms with Crippen LogP contribution in [0.15, 0.2) is 52.3 Å². The number of fused-ring (bicyclic) bond motifs is 1. The molecule has 0 aliphatic carbocycles. The van der Waals surface area contributed by atoms with Gasteiger partial charge in [0.15, 0.2) is 0 Å². The SMILES string of the molecule is O=C1OC(=O)c2c1ccc([N+](=O)[O-])c2Sc1ccccc1. The lowest BCUT2D eigenvalue weighted by molar-refractivity contribution is -0.387. The van der Waals surface area contributed by atoms with Crippen molar-refractivity contribution in [3.63, 3.8) is 0 Å². The molecule has 2 aromatic carbocycles. The summed E-state index contributed by atoms with van der Waals surface area (Å²) in [6.07, 6.45) is 0. The fraction of sp³-hybridized carbons (Fsp3) is 0. The molecular weight excluding hydrogens is 294 g/mol.